The van der Waals surface area contributed by atoms with Crippen molar-refractivity contribution in [2.24, 2.45) is 0 Å². The predicted molar refractivity (Wildman–Crippen MR) is 82.2 cm³/mol. The van der Waals surface area contributed by atoms with Crippen LogP contribution >= 0.6 is 0 Å². The largest absolute Gasteiger partial charge is 0.489 e. The second kappa shape index (κ2) is 6.76. The van der Waals surface area contributed by atoms with Gasteiger partial charge in [0.2, 0.25) is 0 Å². The van der Waals surface area contributed by atoms with E-state index in [1.165, 1.54) is 29.4 Å². The summed E-state index contributed by atoms with van der Waals surface area (Å²) in [5, 5.41) is 0. The summed E-state index contributed by atoms with van der Waals surface area (Å²) in [7, 11) is 1.42. The molecule has 1 aliphatic heterocycles. The molecule has 0 fully saturated rings. The van der Waals surface area contributed by atoms with E-state index in [1.54, 1.807) is 0 Å². The van der Waals surface area contributed by atoms with Crippen molar-refractivity contribution in [3.05, 3.63) is 40.5 Å². The summed E-state index contributed by atoms with van der Waals surface area (Å²) >= 11 is 0. The first-order valence-corrected chi connectivity index (χ1v) is 7.17. The van der Waals surface area contributed by atoms with Gasteiger partial charge in [0.25, 0.3) is 0 Å². The number of carbonyl (C=O) groups excluding carboxylic acids is 1. The molecule has 1 aliphatic rings. The van der Waals surface area contributed by atoms with Gasteiger partial charge in [-0.1, -0.05) is 11.6 Å². The molecule has 4 nitrogen and oxygen atoms in total. The van der Waals surface area contributed by atoms with Gasteiger partial charge in [-0.05, 0) is 44.0 Å². The van der Waals surface area contributed by atoms with E-state index in [9.17, 15) is 4.79 Å². The molecule has 1 aromatic carbocycles. The Labute approximate surface area is 126 Å². The van der Waals surface area contributed by atoms with Crippen LogP contribution in [0.25, 0.3) is 0 Å². The monoisotopic (exact) mass is 289 g/mol. The fourth-order valence-electron chi connectivity index (χ4n) is 2.48. The number of nitrogens with zero attached hydrogens (tertiary/aromatic N) is 1. The van der Waals surface area contributed by atoms with E-state index in [1.807, 2.05) is 0 Å². The number of methoxy groups -OCH3 is 1. The molecule has 0 N–H and O–H groups in total. The van der Waals surface area contributed by atoms with E-state index in [2.05, 4.69) is 43.9 Å². The van der Waals surface area contributed by atoms with Crippen molar-refractivity contribution in [1.82, 2.24) is 4.90 Å². The molecular formula is C17H23NO3. The van der Waals surface area contributed by atoms with Gasteiger partial charge in [0, 0.05) is 18.7 Å². The van der Waals surface area contributed by atoms with E-state index >= 15 is 0 Å². The molecule has 0 unspecified atom stereocenters. The molecule has 0 saturated carbocycles. The number of aryl methyl sites for hydroxylation is 1. The van der Waals surface area contributed by atoms with Crippen molar-refractivity contribution in [2.45, 2.75) is 33.9 Å². The maximum Gasteiger partial charge on any atom is 0.319 e. The Morgan fingerprint density at radius 3 is 2.76 bits per heavy atom. The van der Waals surface area contributed by atoms with Crippen LogP contribution in [0.5, 0.6) is 5.75 Å². The lowest BCUT2D eigenvalue weighted by atomic mass is 10.1. The van der Waals surface area contributed by atoms with Crippen LogP contribution in [-0.2, 0) is 22.6 Å². The first kappa shape index (κ1) is 15.6. The van der Waals surface area contributed by atoms with Gasteiger partial charge in [-0.15, -0.1) is 0 Å². The lowest BCUT2D eigenvalue weighted by Crippen LogP contribution is -2.25. The third-order valence-corrected chi connectivity index (χ3v) is 3.53. The zero-order chi connectivity index (χ0) is 15.4. The second-order valence-electron chi connectivity index (χ2n) is 5.71. The normalized spacial score (nSPS) is 13.7. The van der Waals surface area contributed by atoms with Gasteiger partial charge < -0.3 is 9.47 Å². The summed E-state index contributed by atoms with van der Waals surface area (Å²) in [5.74, 6) is 0.724. The van der Waals surface area contributed by atoms with Crippen LogP contribution in [0.1, 0.15) is 30.5 Å². The van der Waals surface area contributed by atoms with E-state index in [0.29, 0.717) is 13.2 Å². The molecular weight excluding hydrogens is 266 g/mol. The first-order valence-electron chi connectivity index (χ1n) is 7.17. The topological polar surface area (TPSA) is 38.8 Å². The molecule has 0 spiro atoms. The van der Waals surface area contributed by atoms with Crippen molar-refractivity contribution in [3.8, 4) is 5.75 Å². The molecule has 0 aromatic heterocycles. The molecule has 2 rings (SSSR count). The van der Waals surface area contributed by atoms with Crippen molar-refractivity contribution < 1.29 is 14.3 Å². The maximum absolute atomic E-state index is 11.4. The van der Waals surface area contributed by atoms with Crippen molar-refractivity contribution in [1.29, 1.82) is 0 Å². The molecule has 1 aromatic rings. The van der Waals surface area contributed by atoms with Crippen molar-refractivity contribution in [2.75, 3.05) is 20.3 Å². The smallest absolute Gasteiger partial charge is 0.319 e. The summed E-state index contributed by atoms with van der Waals surface area (Å²) in [6.07, 6.45) is 2.07. The average molecular weight is 289 g/mol. The van der Waals surface area contributed by atoms with Crippen LogP contribution in [0.2, 0.25) is 0 Å². The maximum atomic E-state index is 11.4. The van der Waals surface area contributed by atoms with Gasteiger partial charge >= 0.3 is 5.97 Å². The number of esters is 1. The quantitative estimate of drug-likeness (QED) is 0.617. The average Bonchev–Trinajstić information content (AvgIpc) is 2.80. The Balaban J connectivity index is 2.12. The number of hydrogen-bond donors (Lipinski definition) is 0. The zero-order valence-electron chi connectivity index (χ0n) is 13.2. The van der Waals surface area contributed by atoms with Crippen LogP contribution in [0, 0.1) is 6.92 Å². The van der Waals surface area contributed by atoms with Crippen LogP contribution < -0.4 is 4.74 Å². The summed E-state index contributed by atoms with van der Waals surface area (Å²) in [4.78, 5) is 13.5. The standard InChI is InChI=1S/C17H23NO3/c1-12(2)5-6-21-16-8-13(3)7-14-9-18(10-15(14)16)11-17(19)20-4/h5,7-8H,6,9-11H2,1-4H3. The molecule has 0 saturated heterocycles. The number of fused-ring (bicyclic) bond motifs is 1. The number of hydrogen-bond acceptors (Lipinski definition) is 4. The number of carbonyl (C=O) groups is 1. The Morgan fingerprint density at radius 2 is 2.10 bits per heavy atom. The third-order valence-electron chi connectivity index (χ3n) is 3.53. The van der Waals surface area contributed by atoms with Crippen LogP contribution in [0.4, 0.5) is 0 Å². The van der Waals surface area contributed by atoms with Crippen LogP contribution in [0.15, 0.2) is 23.8 Å². The lowest BCUT2D eigenvalue weighted by molar-refractivity contribution is -0.142. The van der Waals surface area contributed by atoms with Gasteiger partial charge in [-0.25, -0.2) is 0 Å². The number of rotatable bonds is 5. The van der Waals surface area contributed by atoms with Crippen molar-refractivity contribution in [3.63, 3.8) is 0 Å². The molecule has 0 aliphatic carbocycles. The van der Waals surface area contributed by atoms with Crippen molar-refractivity contribution >= 4 is 5.97 Å². The molecule has 21 heavy (non-hydrogen) atoms. The predicted octanol–water partition coefficient (Wildman–Crippen LogP) is 2.83. The highest BCUT2D eigenvalue weighted by molar-refractivity contribution is 5.71. The number of benzene rings is 1. The zero-order valence-corrected chi connectivity index (χ0v) is 13.2. The Hall–Kier alpha value is -1.81. The highest BCUT2D eigenvalue weighted by Crippen LogP contribution is 2.32. The van der Waals surface area contributed by atoms with E-state index in [4.69, 9.17) is 9.47 Å². The highest BCUT2D eigenvalue weighted by atomic mass is 16.5. The molecule has 0 amide bonds. The van der Waals surface area contributed by atoms with Gasteiger partial charge in [0.1, 0.15) is 12.4 Å². The minimum absolute atomic E-state index is 0.202. The van der Waals surface area contributed by atoms with Gasteiger partial charge in [0.15, 0.2) is 0 Å². The molecule has 0 radical (unpaired) electrons. The van der Waals surface area contributed by atoms with Crippen LogP contribution in [-0.4, -0.2) is 31.1 Å². The van der Waals surface area contributed by atoms with Gasteiger partial charge in [-0.2, -0.15) is 0 Å². The van der Waals surface area contributed by atoms with Gasteiger partial charge in [-0.3, -0.25) is 9.69 Å². The van der Waals surface area contributed by atoms with Gasteiger partial charge in [0.05, 0.1) is 13.7 Å². The van der Waals surface area contributed by atoms with E-state index < -0.39 is 0 Å². The summed E-state index contributed by atoms with van der Waals surface area (Å²) < 4.78 is 10.6. The molecule has 0 bridgehead atoms. The van der Waals surface area contributed by atoms with Crippen LogP contribution in [0.3, 0.4) is 0 Å². The summed E-state index contributed by atoms with van der Waals surface area (Å²) in [6, 6.07) is 4.24. The Bertz CT molecular complexity index is 559. The number of ether oxygens (including phenoxy) is 2. The summed E-state index contributed by atoms with van der Waals surface area (Å²) in [6.45, 7) is 8.58. The molecule has 1 heterocycles. The minimum atomic E-state index is -0.202. The molecule has 114 valence electrons. The molecule has 0 atom stereocenters. The van der Waals surface area contributed by atoms with E-state index in [-0.39, 0.29) is 5.97 Å². The Kier molecular flexibility index (Phi) is 5.02. The lowest BCUT2D eigenvalue weighted by Gasteiger charge is -2.13. The van der Waals surface area contributed by atoms with E-state index in [0.717, 1.165) is 18.8 Å². The summed E-state index contributed by atoms with van der Waals surface area (Å²) in [5.41, 5.74) is 4.85. The minimum Gasteiger partial charge on any atom is -0.489 e. The molecule has 4 heteroatoms. The number of allylic oxidation sites excluding steroid dienone is 1. The fraction of sp³-hybridized carbons (Fsp3) is 0.471. The first-order chi connectivity index (χ1) is 9.99. The SMILES string of the molecule is COC(=O)CN1Cc2cc(C)cc(OCC=C(C)C)c2C1. The Morgan fingerprint density at radius 1 is 1.33 bits per heavy atom. The fourth-order valence-corrected chi connectivity index (χ4v) is 2.48. The second-order valence-corrected chi connectivity index (χ2v) is 5.71. The highest BCUT2D eigenvalue weighted by Gasteiger charge is 2.24. The third kappa shape index (κ3) is 4.08.